The fourth-order valence-electron chi connectivity index (χ4n) is 4.08. The highest BCUT2D eigenvalue weighted by Crippen LogP contribution is 2.32. The van der Waals surface area contributed by atoms with Crippen molar-refractivity contribution in [2.45, 2.75) is 31.7 Å². The normalized spacial score (nSPS) is 22.1. The quantitative estimate of drug-likeness (QED) is 0.808. The molecule has 2 aliphatic rings. The second kappa shape index (κ2) is 7.39. The molecule has 2 aromatic carbocycles. The number of nitrogens with one attached hydrogen (secondary N) is 1. The highest BCUT2D eigenvalue weighted by molar-refractivity contribution is 6.09. The number of hydrogen-bond acceptors (Lipinski definition) is 4. The number of imide groups is 1. The molecule has 7 nitrogen and oxygen atoms in total. The van der Waals surface area contributed by atoms with Crippen LogP contribution in [0.15, 0.2) is 36.4 Å². The first-order valence-corrected chi connectivity index (χ1v) is 9.92. The van der Waals surface area contributed by atoms with E-state index in [9.17, 15) is 14.4 Å². The molecule has 4 amide bonds. The van der Waals surface area contributed by atoms with E-state index in [0.717, 1.165) is 40.7 Å². The monoisotopic (exact) mass is 395 g/mol. The Balaban J connectivity index is 1.57. The van der Waals surface area contributed by atoms with Gasteiger partial charge in [0.05, 0.1) is 7.11 Å². The van der Waals surface area contributed by atoms with Crippen molar-refractivity contribution in [1.82, 2.24) is 15.1 Å². The smallest absolute Gasteiger partial charge is 0.325 e. The lowest BCUT2D eigenvalue weighted by Crippen LogP contribution is -2.45. The van der Waals surface area contributed by atoms with Gasteiger partial charge in [-0.25, -0.2) is 4.79 Å². The second-order valence-corrected chi connectivity index (χ2v) is 7.82. The molecule has 152 valence electrons. The SMILES string of the molecule is COc1ccc2cc([C@]3(C)NC(=O)N(CC(=O)N4CCCCC4)C3=O)ccc2c1. The lowest BCUT2D eigenvalue weighted by atomic mass is 9.90. The third-order valence-corrected chi connectivity index (χ3v) is 5.90. The average Bonchev–Trinajstić information content (AvgIpc) is 2.97. The first-order chi connectivity index (χ1) is 13.9. The first kappa shape index (κ1) is 19.2. The average molecular weight is 395 g/mol. The number of piperidine rings is 1. The van der Waals surface area contributed by atoms with Crippen LogP contribution in [0.25, 0.3) is 10.8 Å². The van der Waals surface area contributed by atoms with Crippen LogP contribution in [0, 0.1) is 0 Å². The van der Waals surface area contributed by atoms with Crippen LogP contribution in [0.2, 0.25) is 0 Å². The maximum atomic E-state index is 13.1. The van der Waals surface area contributed by atoms with Crippen LogP contribution in [0.4, 0.5) is 4.79 Å². The van der Waals surface area contributed by atoms with Gasteiger partial charge in [-0.2, -0.15) is 0 Å². The number of rotatable bonds is 4. The number of likely N-dealkylation sites (tertiary alicyclic amines) is 1. The van der Waals surface area contributed by atoms with Gasteiger partial charge in [0.1, 0.15) is 17.8 Å². The Kier molecular flexibility index (Phi) is 4.90. The van der Waals surface area contributed by atoms with Crippen molar-refractivity contribution in [1.29, 1.82) is 0 Å². The molecule has 2 aliphatic heterocycles. The van der Waals surface area contributed by atoms with Gasteiger partial charge in [0.15, 0.2) is 0 Å². The molecule has 0 radical (unpaired) electrons. The van der Waals surface area contributed by atoms with Crippen molar-refractivity contribution in [2.75, 3.05) is 26.7 Å². The van der Waals surface area contributed by atoms with E-state index in [4.69, 9.17) is 4.74 Å². The molecule has 0 aromatic heterocycles. The Morgan fingerprint density at radius 2 is 1.76 bits per heavy atom. The molecule has 7 heteroatoms. The number of methoxy groups -OCH3 is 1. The second-order valence-electron chi connectivity index (χ2n) is 7.82. The molecule has 1 N–H and O–H groups in total. The number of carbonyl (C=O) groups is 3. The van der Waals surface area contributed by atoms with Crippen molar-refractivity contribution in [3.8, 4) is 5.75 Å². The molecule has 29 heavy (non-hydrogen) atoms. The van der Waals surface area contributed by atoms with Crippen molar-refractivity contribution in [2.24, 2.45) is 0 Å². The minimum absolute atomic E-state index is 0.178. The fourth-order valence-corrected chi connectivity index (χ4v) is 4.08. The van der Waals surface area contributed by atoms with Gasteiger partial charge in [0.25, 0.3) is 5.91 Å². The predicted octanol–water partition coefficient (Wildman–Crippen LogP) is 2.63. The van der Waals surface area contributed by atoms with Crippen molar-refractivity contribution < 1.29 is 19.1 Å². The highest BCUT2D eigenvalue weighted by atomic mass is 16.5. The topological polar surface area (TPSA) is 79.0 Å². The van der Waals surface area contributed by atoms with Crippen LogP contribution >= 0.6 is 0 Å². The lowest BCUT2D eigenvalue weighted by molar-refractivity contribution is -0.139. The minimum Gasteiger partial charge on any atom is -0.497 e. The maximum Gasteiger partial charge on any atom is 0.325 e. The van der Waals surface area contributed by atoms with Gasteiger partial charge in [0.2, 0.25) is 5.91 Å². The van der Waals surface area contributed by atoms with Crippen LogP contribution < -0.4 is 10.1 Å². The Morgan fingerprint density at radius 3 is 2.48 bits per heavy atom. The third-order valence-electron chi connectivity index (χ3n) is 5.90. The molecule has 0 spiro atoms. The molecule has 2 heterocycles. The molecule has 0 unspecified atom stereocenters. The van der Waals surface area contributed by atoms with E-state index in [0.29, 0.717) is 18.7 Å². The summed E-state index contributed by atoms with van der Waals surface area (Å²) in [4.78, 5) is 41.0. The third kappa shape index (κ3) is 3.41. The van der Waals surface area contributed by atoms with Crippen molar-refractivity contribution in [3.05, 3.63) is 42.0 Å². The maximum absolute atomic E-state index is 13.1. The van der Waals surface area contributed by atoms with E-state index < -0.39 is 17.5 Å². The minimum atomic E-state index is -1.20. The van der Waals surface area contributed by atoms with E-state index in [2.05, 4.69) is 5.32 Å². The highest BCUT2D eigenvalue weighted by Gasteiger charge is 2.49. The molecule has 2 fully saturated rings. The fraction of sp³-hybridized carbons (Fsp3) is 0.409. The van der Waals surface area contributed by atoms with Crippen LogP contribution in [0.1, 0.15) is 31.7 Å². The summed E-state index contributed by atoms with van der Waals surface area (Å²) in [5, 5.41) is 4.70. The van der Waals surface area contributed by atoms with E-state index in [1.165, 1.54) is 0 Å². The zero-order chi connectivity index (χ0) is 20.6. The molecular formula is C22H25N3O4. The predicted molar refractivity (Wildman–Crippen MR) is 109 cm³/mol. The van der Waals surface area contributed by atoms with Crippen molar-refractivity contribution >= 4 is 28.6 Å². The molecule has 0 aliphatic carbocycles. The summed E-state index contributed by atoms with van der Waals surface area (Å²) in [6.07, 6.45) is 3.04. The summed E-state index contributed by atoms with van der Waals surface area (Å²) in [6, 6.07) is 10.8. The van der Waals surface area contributed by atoms with E-state index in [-0.39, 0.29) is 12.5 Å². The van der Waals surface area contributed by atoms with Crippen LogP contribution in [0.3, 0.4) is 0 Å². The number of carbonyl (C=O) groups excluding carboxylic acids is 3. The molecule has 4 rings (SSSR count). The Bertz CT molecular complexity index is 983. The van der Waals surface area contributed by atoms with E-state index in [1.54, 1.807) is 18.9 Å². The molecule has 1 atom stereocenters. The summed E-state index contributed by atoms with van der Waals surface area (Å²) in [7, 11) is 1.61. The van der Waals surface area contributed by atoms with E-state index >= 15 is 0 Å². The molecule has 0 bridgehead atoms. The summed E-state index contributed by atoms with van der Waals surface area (Å²) < 4.78 is 5.25. The largest absolute Gasteiger partial charge is 0.497 e. The molecule has 2 aromatic rings. The lowest BCUT2D eigenvalue weighted by Gasteiger charge is -2.28. The van der Waals surface area contributed by atoms with Crippen LogP contribution in [-0.2, 0) is 15.1 Å². The van der Waals surface area contributed by atoms with Crippen LogP contribution in [-0.4, -0.2) is 54.4 Å². The van der Waals surface area contributed by atoms with E-state index in [1.807, 2.05) is 36.4 Å². The van der Waals surface area contributed by atoms with Gasteiger partial charge in [-0.1, -0.05) is 18.2 Å². The van der Waals surface area contributed by atoms with Gasteiger partial charge >= 0.3 is 6.03 Å². The number of ether oxygens (including phenoxy) is 1. The van der Waals surface area contributed by atoms with Gasteiger partial charge in [-0.15, -0.1) is 0 Å². The molecule has 2 saturated heterocycles. The summed E-state index contributed by atoms with van der Waals surface area (Å²) in [6.45, 7) is 2.84. The van der Waals surface area contributed by atoms with Gasteiger partial charge in [-0.05, 0) is 60.7 Å². The Morgan fingerprint density at radius 1 is 1.07 bits per heavy atom. The zero-order valence-corrected chi connectivity index (χ0v) is 16.7. The van der Waals surface area contributed by atoms with Gasteiger partial charge < -0.3 is 15.0 Å². The zero-order valence-electron chi connectivity index (χ0n) is 16.7. The molecular weight excluding hydrogens is 370 g/mol. The molecule has 0 saturated carbocycles. The standard InChI is InChI=1S/C22H25N3O4/c1-22(17-8-6-16-13-18(29-2)9-7-15(16)12-17)20(27)25(21(28)23-22)14-19(26)24-10-4-3-5-11-24/h6-9,12-13H,3-5,10-11,14H2,1-2H3,(H,23,28)/t22-/m0/s1. The van der Waals surface area contributed by atoms with Gasteiger partial charge in [0, 0.05) is 13.1 Å². The summed E-state index contributed by atoms with van der Waals surface area (Å²) >= 11 is 0. The number of amides is 4. The Hall–Kier alpha value is -3.09. The van der Waals surface area contributed by atoms with Crippen LogP contribution in [0.5, 0.6) is 5.75 Å². The number of hydrogen-bond donors (Lipinski definition) is 1. The summed E-state index contributed by atoms with van der Waals surface area (Å²) in [5.74, 6) is 0.174. The number of urea groups is 1. The number of nitrogens with zero attached hydrogens (tertiary/aromatic N) is 2. The first-order valence-electron chi connectivity index (χ1n) is 9.92. The van der Waals surface area contributed by atoms with Gasteiger partial charge in [-0.3, -0.25) is 14.5 Å². The van der Waals surface area contributed by atoms with Crippen molar-refractivity contribution in [3.63, 3.8) is 0 Å². The number of fused-ring (bicyclic) bond motifs is 1. The Labute approximate surface area is 169 Å². The summed E-state index contributed by atoms with van der Waals surface area (Å²) in [5.41, 5.74) is -0.519. The number of benzene rings is 2.